The summed E-state index contributed by atoms with van der Waals surface area (Å²) in [6.07, 6.45) is 4.65. The van der Waals surface area contributed by atoms with E-state index in [4.69, 9.17) is 9.47 Å². The predicted molar refractivity (Wildman–Crippen MR) is 133 cm³/mol. The van der Waals surface area contributed by atoms with Crippen LogP contribution in [0.4, 0.5) is 8.78 Å². The third-order valence-electron chi connectivity index (χ3n) is 6.36. The Kier molecular flexibility index (Phi) is 6.82. The number of ether oxygens (including phenoxy) is 2. The quantitative estimate of drug-likeness (QED) is 0.297. The molecule has 0 aromatic heterocycles. The zero-order valence-corrected chi connectivity index (χ0v) is 19.3. The number of phenolic OH excluding ortho intramolecular Hbond substituents is 1. The average molecular weight is 476 g/mol. The topological polar surface area (TPSA) is 50.7 Å². The highest BCUT2D eigenvalue weighted by atomic mass is 19.1. The molecule has 0 spiro atoms. The van der Waals surface area contributed by atoms with Gasteiger partial charge in [-0.05, 0) is 97.9 Å². The summed E-state index contributed by atoms with van der Waals surface area (Å²) in [7, 11) is 0. The summed E-state index contributed by atoms with van der Waals surface area (Å²) in [5, 5.41) is 14.8. The monoisotopic (exact) mass is 475 g/mol. The van der Waals surface area contributed by atoms with Crippen molar-refractivity contribution in [3.63, 3.8) is 0 Å². The molecule has 35 heavy (non-hydrogen) atoms. The minimum atomic E-state index is -0.550. The van der Waals surface area contributed by atoms with Gasteiger partial charge in [0.1, 0.15) is 34.6 Å². The molecule has 1 fully saturated rings. The number of piperidine rings is 1. The van der Waals surface area contributed by atoms with Crippen LogP contribution in [0.2, 0.25) is 0 Å². The molecule has 0 saturated carbocycles. The van der Waals surface area contributed by atoms with Crippen LogP contribution in [0.25, 0.3) is 21.9 Å². The lowest BCUT2D eigenvalue weighted by Crippen LogP contribution is -2.35. The fraction of sp³-hybridized carbons (Fsp3) is 0.241. The number of phenols is 1. The molecule has 4 aromatic carbocycles. The average Bonchev–Trinajstić information content (AvgIpc) is 2.87. The molecule has 0 radical (unpaired) electrons. The first-order valence-corrected chi connectivity index (χ1v) is 11.9. The zero-order valence-electron chi connectivity index (χ0n) is 19.3. The summed E-state index contributed by atoms with van der Waals surface area (Å²) in [4.78, 5) is 0. The molecular weight excluding hydrogens is 448 g/mol. The molecule has 1 aliphatic rings. The van der Waals surface area contributed by atoms with E-state index in [0.717, 1.165) is 42.3 Å². The third-order valence-corrected chi connectivity index (χ3v) is 6.36. The van der Waals surface area contributed by atoms with Gasteiger partial charge in [0.15, 0.2) is 0 Å². The number of fused-ring (bicyclic) bond motifs is 1. The maximum Gasteiger partial charge on any atom is 0.143 e. The lowest BCUT2D eigenvalue weighted by molar-refractivity contribution is 0.268. The molecule has 180 valence electrons. The van der Waals surface area contributed by atoms with Crippen LogP contribution in [0.15, 0.2) is 72.8 Å². The van der Waals surface area contributed by atoms with Crippen molar-refractivity contribution in [3.8, 4) is 34.1 Å². The van der Waals surface area contributed by atoms with Gasteiger partial charge in [-0.25, -0.2) is 8.78 Å². The Morgan fingerprint density at radius 3 is 2.49 bits per heavy atom. The molecule has 4 aromatic rings. The highest BCUT2D eigenvalue weighted by Crippen LogP contribution is 2.41. The van der Waals surface area contributed by atoms with Gasteiger partial charge in [-0.2, -0.15) is 0 Å². The molecule has 4 nitrogen and oxygen atoms in total. The summed E-state index contributed by atoms with van der Waals surface area (Å²) in [6, 6.07) is 19.4. The molecule has 1 saturated heterocycles. The maximum atomic E-state index is 14.7. The second kappa shape index (κ2) is 10.3. The Balaban J connectivity index is 1.40. The van der Waals surface area contributed by atoms with Crippen LogP contribution in [0, 0.1) is 11.6 Å². The summed E-state index contributed by atoms with van der Waals surface area (Å²) in [6.45, 7) is 1.71. The van der Waals surface area contributed by atoms with Gasteiger partial charge in [-0.15, -0.1) is 0 Å². The normalized spacial score (nSPS) is 15.8. The van der Waals surface area contributed by atoms with Gasteiger partial charge in [0.2, 0.25) is 0 Å². The molecule has 5 rings (SSSR count). The fourth-order valence-electron chi connectivity index (χ4n) is 4.53. The van der Waals surface area contributed by atoms with E-state index in [-0.39, 0.29) is 11.3 Å². The van der Waals surface area contributed by atoms with Gasteiger partial charge in [-0.3, -0.25) is 0 Å². The molecule has 0 bridgehead atoms. The molecule has 1 unspecified atom stereocenters. The Bertz CT molecular complexity index is 1320. The molecule has 0 aliphatic carbocycles. The maximum absolute atomic E-state index is 14.7. The number of benzene rings is 4. The number of nitrogens with one attached hydrogen (secondary N) is 1. The molecular formula is C29H27F2NO3. The van der Waals surface area contributed by atoms with E-state index < -0.39 is 11.6 Å². The van der Waals surface area contributed by atoms with Gasteiger partial charge >= 0.3 is 0 Å². The van der Waals surface area contributed by atoms with Crippen LogP contribution in [0.1, 0.15) is 25.7 Å². The van der Waals surface area contributed by atoms with E-state index in [1.807, 2.05) is 12.1 Å². The van der Waals surface area contributed by atoms with Crippen molar-refractivity contribution in [1.29, 1.82) is 0 Å². The van der Waals surface area contributed by atoms with Crippen molar-refractivity contribution in [3.05, 3.63) is 84.4 Å². The highest BCUT2D eigenvalue weighted by molar-refractivity contribution is 5.96. The van der Waals surface area contributed by atoms with Crippen LogP contribution < -0.4 is 14.8 Å². The Labute approximate surface area is 203 Å². The van der Waals surface area contributed by atoms with Crippen LogP contribution in [0.5, 0.6) is 23.0 Å². The van der Waals surface area contributed by atoms with Gasteiger partial charge < -0.3 is 19.9 Å². The van der Waals surface area contributed by atoms with E-state index in [9.17, 15) is 13.9 Å². The first-order valence-electron chi connectivity index (χ1n) is 11.9. The van der Waals surface area contributed by atoms with E-state index >= 15 is 0 Å². The minimum absolute atomic E-state index is 0.103. The van der Waals surface area contributed by atoms with E-state index in [0.29, 0.717) is 35.1 Å². The molecule has 2 N–H and O–H groups in total. The van der Waals surface area contributed by atoms with Crippen molar-refractivity contribution >= 4 is 10.8 Å². The predicted octanol–water partition coefficient (Wildman–Crippen LogP) is 7.19. The lowest BCUT2D eigenvalue weighted by Gasteiger charge is -2.23. The van der Waals surface area contributed by atoms with Crippen molar-refractivity contribution in [2.75, 3.05) is 13.2 Å². The molecule has 0 amide bonds. The van der Waals surface area contributed by atoms with Gasteiger partial charge in [0.25, 0.3) is 0 Å². The van der Waals surface area contributed by atoms with Crippen LogP contribution in [0.3, 0.4) is 0 Å². The van der Waals surface area contributed by atoms with Gasteiger partial charge in [0.05, 0.1) is 6.61 Å². The molecule has 1 atom stereocenters. The Hall–Kier alpha value is -3.64. The fourth-order valence-corrected chi connectivity index (χ4v) is 4.53. The second-order valence-electron chi connectivity index (χ2n) is 8.83. The Morgan fingerprint density at radius 2 is 1.69 bits per heavy atom. The number of hydrogen-bond donors (Lipinski definition) is 2. The SMILES string of the molecule is Oc1ccc2c(Oc3ccc(OCCC4CCCCN4)cc3)c(-c3cc(F)ccc3F)ccc2c1. The lowest BCUT2D eigenvalue weighted by atomic mass is 9.98. The van der Waals surface area contributed by atoms with Crippen LogP contribution in [-0.2, 0) is 0 Å². The molecule has 1 aliphatic heterocycles. The number of rotatable bonds is 7. The van der Waals surface area contributed by atoms with Crippen LogP contribution >= 0.6 is 0 Å². The highest BCUT2D eigenvalue weighted by Gasteiger charge is 2.17. The Morgan fingerprint density at radius 1 is 0.857 bits per heavy atom. The van der Waals surface area contributed by atoms with E-state index in [1.165, 1.54) is 19.3 Å². The number of aromatic hydroxyl groups is 1. The molecule has 6 heteroatoms. The van der Waals surface area contributed by atoms with Crippen molar-refractivity contribution < 1.29 is 23.4 Å². The van der Waals surface area contributed by atoms with Gasteiger partial charge in [-0.1, -0.05) is 12.5 Å². The first kappa shape index (κ1) is 23.1. The summed E-state index contributed by atoms with van der Waals surface area (Å²) >= 11 is 0. The number of hydrogen-bond acceptors (Lipinski definition) is 4. The smallest absolute Gasteiger partial charge is 0.143 e. The summed E-state index contributed by atoms with van der Waals surface area (Å²) in [5.74, 6) is 0.674. The second-order valence-corrected chi connectivity index (χ2v) is 8.83. The third kappa shape index (κ3) is 5.38. The minimum Gasteiger partial charge on any atom is -0.508 e. The zero-order chi connectivity index (χ0) is 24.2. The van der Waals surface area contributed by atoms with Gasteiger partial charge in [0, 0.05) is 22.6 Å². The van der Waals surface area contributed by atoms with Crippen molar-refractivity contribution in [2.24, 2.45) is 0 Å². The first-order chi connectivity index (χ1) is 17.1. The summed E-state index contributed by atoms with van der Waals surface area (Å²) < 4.78 is 40.8. The molecule has 1 heterocycles. The summed E-state index contributed by atoms with van der Waals surface area (Å²) in [5.41, 5.74) is 0.520. The number of halogens is 2. The van der Waals surface area contributed by atoms with Crippen molar-refractivity contribution in [2.45, 2.75) is 31.7 Å². The largest absolute Gasteiger partial charge is 0.508 e. The van der Waals surface area contributed by atoms with Crippen molar-refractivity contribution in [1.82, 2.24) is 5.32 Å². The standard InChI is InChI=1S/C29H27F2NO3/c30-20-5-13-28(31)27(18-20)26-11-4-19-17-22(33)6-12-25(19)29(26)35-24-9-7-23(8-10-24)34-16-14-21-3-1-2-15-32-21/h4-13,17-18,21,32-33H,1-3,14-16H2. The van der Waals surface area contributed by atoms with E-state index in [1.54, 1.807) is 42.5 Å². The van der Waals surface area contributed by atoms with E-state index in [2.05, 4.69) is 5.32 Å². The van der Waals surface area contributed by atoms with Crippen LogP contribution in [-0.4, -0.2) is 24.3 Å².